The van der Waals surface area contributed by atoms with Crippen LogP contribution >= 0.6 is 0 Å². The summed E-state index contributed by atoms with van der Waals surface area (Å²) in [4.78, 5) is 5.89. The van der Waals surface area contributed by atoms with E-state index >= 15 is 0 Å². The molecule has 0 fully saturated rings. The van der Waals surface area contributed by atoms with Gasteiger partial charge in [-0.3, -0.25) is 15.6 Å². The third kappa shape index (κ3) is 1.01. The average molecular weight is 125 g/mol. The molecule has 0 aromatic heterocycles. The van der Waals surface area contributed by atoms with Crippen molar-refractivity contribution in [2.75, 3.05) is 14.1 Å². The summed E-state index contributed by atoms with van der Waals surface area (Å²) in [5.41, 5.74) is 5.74. The zero-order valence-electron chi connectivity index (χ0n) is 5.70. The highest BCUT2D eigenvalue weighted by atomic mass is 15.3. The Bertz CT molecular complexity index is 146. The Morgan fingerprint density at radius 3 is 2.44 bits per heavy atom. The molecule has 1 unspecified atom stereocenters. The Morgan fingerprint density at radius 2 is 2.22 bits per heavy atom. The highest BCUT2D eigenvalue weighted by Crippen LogP contribution is 2.10. The van der Waals surface area contributed by atoms with E-state index in [0.717, 1.165) is 0 Å². The van der Waals surface area contributed by atoms with E-state index in [9.17, 15) is 0 Å². The van der Waals surface area contributed by atoms with Crippen LogP contribution in [0.15, 0.2) is 17.1 Å². The second kappa shape index (κ2) is 1.93. The predicted molar refractivity (Wildman–Crippen MR) is 38.2 cm³/mol. The van der Waals surface area contributed by atoms with Crippen molar-refractivity contribution in [2.45, 2.75) is 5.79 Å². The van der Waals surface area contributed by atoms with Crippen molar-refractivity contribution >= 4 is 6.21 Å². The molecule has 3 heteroatoms. The lowest BCUT2D eigenvalue weighted by molar-refractivity contribution is 0.230. The van der Waals surface area contributed by atoms with Gasteiger partial charge in [0.15, 0.2) is 5.79 Å². The summed E-state index contributed by atoms with van der Waals surface area (Å²) in [5, 5.41) is 0. The summed E-state index contributed by atoms with van der Waals surface area (Å²) in [6.07, 6.45) is 5.41. The van der Waals surface area contributed by atoms with Gasteiger partial charge in [0.25, 0.3) is 0 Å². The van der Waals surface area contributed by atoms with Crippen LogP contribution in [0.1, 0.15) is 0 Å². The van der Waals surface area contributed by atoms with Gasteiger partial charge in [0.05, 0.1) is 0 Å². The predicted octanol–water partition coefficient (Wildman–Crippen LogP) is -0.199. The Labute approximate surface area is 54.9 Å². The first-order chi connectivity index (χ1) is 4.15. The van der Waals surface area contributed by atoms with Gasteiger partial charge in [0.1, 0.15) is 0 Å². The largest absolute Gasteiger partial charge is 0.291 e. The van der Waals surface area contributed by atoms with E-state index in [1.807, 2.05) is 31.1 Å². The average Bonchev–Trinajstić information content (AvgIpc) is 2.16. The van der Waals surface area contributed by atoms with Gasteiger partial charge >= 0.3 is 0 Å². The van der Waals surface area contributed by atoms with Crippen LogP contribution in [0.25, 0.3) is 0 Å². The molecule has 50 valence electrons. The number of rotatable bonds is 1. The van der Waals surface area contributed by atoms with Crippen molar-refractivity contribution < 1.29 is 0 Å². The maximum absolute atomic E-state index is 5.74. The van der Waals surface area contributed by atoms with Crippen molar-refractivity contribution in [1.29, 1.82) is 0 Å². The van der Waals surface area contributed by atoms with Crippen LogP contribution in [0.3, 0.4) is 0 Å². The summed E-state index contributed by atoms with van der Waals surface area (Å²) in [6.45, 7) is 0. The van der Waals surface area contributed by atoms with Gasteiger partial charge in [-0.25, -0.2) is 0 Å². The van der Waals surface area contributed by atoms with Gasteiger partial charge in [-0.15, -0.1) is 0 Å². The minimum atomic E-state index is -0.583. The molecule has 0 spiro atoms. The molecular formula is C6H11N3. The standard InChI is InChI=1S/C6H11N3/c1-9(2)6(7)4-3-5-8-6/h3-5H,7H2,1-2H3. The van der Waals surface area contributed by atoms with Crippen LogP contribution < -0.4 is 5.73 Å². The molecule has 0 bridgehead atoms. The molecule has 0 aromatic rings. The maximum Gasteiger partial charge on any atom is 0.184 e. The van der Waals surface area contributed by atoms with Crippen molar-refractivity contribution in [1.82, 2.24) is 4.90 Å². The molecule has 1 aliphatic rings. The molecule has 3 nitrogen and oxygen atoms in total. The quantitative estimate of drug-likeness (QED) is 0.493. The summed E-state index contributed by atoms with van der Waals surface area (Å²) >= 11 is 0. The van der Waals surface area contributed by atoms with Gasteiger partial charge < -0.3 is 0 Å². The van der Waals surface area contributed by atoms with Gasteiger partial charge in [-0.1, -0.05) is 0 Å². The van der Waals surface area contributed by atoms with E-state index in [1.54, 1.807) is 6.21 Å². The molecule has 0 amide bonds. The fraction of sp³-hybridized carbons (Fsp3) is 0.500. The molecule has 2 N–H and O–H groups in total. The van der Waals surface area contributed by atoms with Crippen LogP contribution in [-0.2, 0) is 0 Å². The lowest BCUT2D eigenvalue weighted by Crippen LogP contribution is -2.47. The fourth-order valence-electron chi connectivity index (χ4n) is 0.655. The minimum absolute atomic E-state index is 0.583. The number of likely N-dealkylation sites (N-methyl/N-ethyl adjacent to an activating group) is 1. The van der Waals surface area contributed by atoms with Crippen molar-refractivity contribution in [3.63, 3.8) is 0 Å². The topological polar surface area (TPSA) is 41.6 Å². The SMILES string of the molecule is CN(C)C1(N)C=CC=N1. The molecular weight excluding hydrogens is 114 g/mol. The highest BCUT2D eigenvalue weighted by molar-refractivity contribution is 5.74. The van der Waals surface area contributed by atoms with Crippen molar-refractivity contribution in [3.05, 3.63) is 12.2 Å². The first-order valence-corrected chi connectivity index (χ1v) is 2.84. The molecule has 1 rings (SSSR count). The van der Waals surface area contributed by atoms with Crippen molar-refractivity contribution in [3.8, 4) is 0 Å². The molecule has 0 radical (unpaired) electrons. The van der Waals surface area contributed by atoms with Gasteiger partial charge in [-0.05, 0) is 26.2 Å². The highest BCUT2D eigenvalue weighted by Gasteiger charge is 2.23. The first kappa shape index (κ1) is 6.45. The van der Waals surface area contributed by atoms with Crippen LogP contribution in [0.5, 0.6) is 0 Å². The summed E-state index contributed by atoms with van der Waals surface area (Å²) in [6, 6.07) is 0. The summed E-state index contributed by atoms with van der Waals surface area (Å²) in [5.74, 6) is -0.583. The van der Waals surface area contributed by atoms with E-state index in [4.69, 9.17) is 5.73 Å². The monoisotopic (exact) mass is 125 g/mol. The minimum Gasteiger partial charge on any atom is -0.291 e. The van der Waals surface area contributed by atoms with Gasteiger partial charge in [0.2, 0.25) is 0 Å². The zero-order chi connectivity index (χ0) is 6.91. The number of allylic oxidation sites excluding steroid dienone is 1. The van der Waals surface area contributed by atoms with E-state index in [2.05, 4.69) is 4.99 Å². The smallest absolute Gasteiger partial charge is 0.184 e. The molecule has 1 heterocycles. The molecule has 1 atom stereocenters. The van der Waals surface area contributed by atoms with Crippen LogP contribution in [0.2, 0.25) is 0 Å². The second-order valence-corrected chi connectivity index (χ2v) is 2.31. The van der Waals surface area contributed by atoms with Crippen LogP contribution in [-0.4, -0.2) is 31.0 Å². The lowest BCUT2D eigenvalue weighted by Gasteiger charge is -2.26. The Kier molecular flexibility index (Phi) is 1.38. The van der Waals surface area contributed by atoms with E-state index in [-0.39, 0.29) is 0 Å². The lowest BCUT2D eigenvalue weighted by atomic mass is 10.3. The second-order valence-electron chi connectivity index (χ2n) is 2.31. The zero-order valence-corrected chi connectivity index (χ0v) is 5.70. The molecule has 9 heavy (non-hydrogen) atoms. The number of hydrogen-bond donors (Lipinski definition) is 1. The number of hydrogen-bond acceptors (Lipinski definition) is 3. The summed E-state index contributed by atoms with van der Waals surface area (Å²) < 4.78 is 0. The Hall–Kier alpha value is -0.670. The van der Waals surface area contributed by atoms with Gasteiger partial charge in [0, 0.05) is 6.21 Å². The molecule has 0 aliphatic carbocycles. The Morgan fingerprint density at radius 1 is 1.56 bits per heavy atom. The molecule has 1 aliphatic heterocycles. The van der Waals surface area contributed by atoms with Crippen LogP contribution in [0, 0.1) is 0 Å². The number of nitrogens with two attached hydrogens (primary N) is 1. The van der Waals surface area contributed by atoms with Crippen molar-refractivity contribution in [2.24, 2.45) is 10.7 Å². The molecule has 0 saturated carbocycles. The van der Waals surface area contributed by atoms with Gasteiger partial charge in [-0.2, -0.15) is 0 Å². The van der Waals surface area contributed by atoms with E-state index in [0.29, 0.717) is 0 Å². The van der Waals surface area contributed by atoms with Crippen LogP contribution in [0.4, 0.5) is 0 Å². The number of nitrogens with zero attached hydrogens (tertiary/aromatic N) is 2. The fourth-order valence-corrected chi connectivity index (χ4v) is 0.655. The third-order valence-corrected chi connectivity index (χ3v) is 1.43. The first-order valence-electron chi connectivity index (χ1n) is 2.84. The van der Waals surface area contributed by atoms with E-state index < -0.39 is 5.79 Å². The molecule has 0 aromatic carbocycles. The maximum atomic E-state index is 5.74. The third-order valence-electron chi connectivity index (χ3n) is 1.43. The number of aliphatic imine (C=N–C) groups is 1. The summed E-state index contributed by atoms with van der Waals surface area (Å²) in [7, 11) is 3.79. The Balaban J connectivity index is 2.75. The normalized spacial score (nSPS) is 32.4. The molecule has 0 saturated heterocycles. The van der Waals surface area contributed by atoms with E-state index in [1.165, 1.54) is 0 Å².